The van der Waals surface area contributed by atoms with Gasteiger partial charge in [0, 0.05) is 13.5 Å². The Morgan fingerprint density at radius 1 is 1.65 bits per heavy atom. The highest BCUT2D eigenvalue weighted by Crippen LogP contribution is 2.39. The van der Waals surface area contributed by atoms with Crippen LogP contribution in [-0.4, -0.2) is 45.4 Å². The van der Waals surface area contributed by atoms with Gasteiger partial charge in [-0.05, 0) is 4.57 Å². The summed E-state index contributed by atoms with van der Waals surface area (Å²) in [5.74, 6) is -0.0121. The second kappa shape index (κ2) is 6.54. The van der Waals surface area contributed by atoms with Crippen molar-refractivity contribution in [3.8, 4) is 0 Å². The molecule has 23 heavy (non-hydrogen) atoms. The topological polar surface area (TPSA) is 134 Å². The third-order valence-electron chi connectivity index (χ3n) is 3.50. The molecule has 1 unspecified atom stereocenters. The van der Waals surface area contributed by atoms with Crippen molar-refractivity contribution in [1.29, 1.82) is 0 Å². The SMILES string of the molecule is COC[C@H]1O[C@@H](n2cnc3c(=O)[nH]c(N)nc32)C[C@@H]1O[P+](=O)S. The monoisotopic (exact) mass is 360 g/mol. The van der Waals surface area contributed by atoms with Gasteiger partial charge in [-0.25, -0.2) is 4.98 Å². The number of hydrogen-bond acceptors (Lipinski definition) is 8. The lowest BCUT2D eigenvalue weighted by molar-refractivity contribution is -0.0472. The second-order valence-electron chi connectivity index (χ2n) is 4.98. The van der Waals surface area contributed by atoms with E-state index in [9.17, 15) is 9.36 Å². The van der Waals surface area contributed by atoms with Crippen molar-refractivity contribution in [2.75, 3.05) is 19.5 Å². The first-order chi connectivity index (χ1) is 11.0. The maximum atomic E-state index is 11.8. The van der Waals surface area contributed by atoms with Crippen LogP contribution in [0.1, 0.15) is 12.6 Å². The van der Waals surface area contributed by atoms with Crippen molar-refractivity contribution in [3.63, 3.8) is 0 Å². The van der Waals surface area contributed by atoms with Gasteiger partial charge in [-0.15, -0.1) is 4.52 Å². The lowest BCUT2D eigenvalue weighted by Gasteiger charge is -2.14. The molecule has 0 bridgehead atoms. The van der Waals surface area contributed by atoms with E-state index in [0.717, 1.165) is 0 Å². The van der Waals surface area contributed by atoms with Gasteiger partial charge >= 0.3 is 7.23 Å². The molecule has 1 saturated heterocycles. The molecule has 2 aromatic rings. The molecule has 0 aliphatic carbocycles. The quantitative estimate of drug-likeness (QED) is 0.521. The molecule has 1 aliphatic heterocycles. The van der Waals surface area contributed by atoms with E-state index >= 15 is 0 Å². The predicted molar refractivity (Wildman–Crippen MR) is 84.4 cm³/mol. The second-order valence-corrected chi connectivity index (χ2v) is 6.64. The molecule has 1 aliphatic rings. The molecule has 124 valence electrons. The van der Waals surface area contributed by atoms with E-state index in [1.807, 2.05) is 0 Å². The first-order valence-electron chi connectivity index (χ1n) is 6.69. The van der Waals surface area contributed by atoms with Crippen LogP contribution in [0.3, 0.4) is 0 Å². The molecule has 3 N–H and O–H groups in total. The Morgan fingerprint density at radius 3 is 3.13 bits per heavy atom. The fourth-order valence-electron chi connectivity index (χ4n) is 2.57. The number of H-pyrrole nitrogens is 1. The normalized spacial score (nSPS) is 25.1. The van der Waals surface area contributed by atoms with Crippen LogP contribution >= 0.6 is 19.5 Å². The van der Waals surface area contributed by atoms with Gasteiger partial charge in [0.05, 0.1) is 12.9 Å². The zero-order valence-electron chi connectivity index (χ0n) is 12.1. The lowest BCUT2D eigenvalue weighted by atomic mass is 10.2. The average molecular weight is 360 g/mol. The highest BCUT2D eigenvalue weighted by atomic mass is 32.7. The third-order valence-corrected chi connectivity index (χ3v) is 4.23. The minimum absolute atomic E-state index is 0.0121. The summed E-state index contributed by atoms with van der Waals surface area (Å²) in [6, 6.07) is 0. The van der Waals surface area contributed by atoms with Gasteiger partial charge in [-0.3, -0.25) is 14.3 Å². The number of fused-ring (bicyclic) bond motifs is 1. The summed E-state index contributed by atoms with van der Waals surface area (Å²) < 4.78 is 29.1. The first-order valence-corrected chi connectivity index (χ1v) is 9.02. The number of ether oxygens (including phenoxy) is 2. The molecular formula is C11H15N5O5PS+. The lowest BCUT2D eigenvalue weighted by Crippen LogP contribution is -2.26. The number of anilines is 1. The Bertz CT molecular complexity index is 795. The highest BCUT2D eigenvalue weighted by molar-refractivity contribution is 8.39. The molecular weight excluding hydrogens is 345 g/mol. The van der Waals surface area contributed by atoms with Gasteiger partial charge < -0.3 is 15.2 Å². The van der Waals surface area contributed by atoms with Crippen LogP contribution in [0.15, 0.2) is 11.1 Å². The molecule has 0 aromatic carbocycles. The van der Waals surface area contributed by atoms with Crippen molar-refractivity contribution in [2.24, 2.45) is 0 Å². The zero-order valence-corrected chi connectivity index (χ0v) is 13.9. The molecule has 12 heteroatoms. The van der Waals surface area contributed by atoms with Crippen molar-refractivity contribution in [1.82, 2.24) is 19.5 Å². The van der Waals surface area contributed by atoms with Crippen molar-refractivity contribution >= 4 is 36.6 Å². The Labute approximate surface area is 136 Å². The van der Waals surface area contributed by atoms with Crippen LogP contribution in [0.2, 0.25) is 0 Å². The van der Waals surface area contributed by atoms with Crippen LogP contribution in [0.4, 0.5) is 5.95 Å². The zero-order chi connectivity index (χ0) is 16.6. The molecule has 0 spiro atoms. The van der Waals surface area contributed by atoms with Crippen molar-refractivity contribution < 1.29 is 18.6 Å². The van der Waals surface area contributed by atoms with Gasteiger partial charge in [0.1, 0.15) is 30.7 Å². The van der Waals surface area contributed by atoms with Crippen LogP contribution < -0.4 is 11.3 Å². The maximum Gasteiger partial charge on any atom is 0.582 e. The van der Waals surface area contributed by atoms with Crippen molar-refractivity contribution in [2.45, 2.75) is 24.9 Å². The molecule has 1 fully saturated rings. The van der Waals surface area contributed by atoms with Crippen LogP contribution in [0, 0.1) is 0 Å². The number of methoxy groups -OCH3 is 1. The van der Waals surface area contributed by atoms with Gasteiger partial charge in [0.2, 0.25) is 5.95 Å². The summed E-state index contributed by atoms with van der Waals surface area (Å²) in [7, 11) is -0.546. The smallest absolute Gasteiger partial charge is 0.382 e. The van der Waals surface area contributed by atoms with Crippen LogP contribution in [-0.2, 0) is 18.6 Å². The Balaban J connectivity index is 1.93. The van der Waals surface area contributed by atoms with Crippen molar-refractivity contribution in [3.05, 3.63) is 16.7 Å². The number of aromatic amines is 1. The largest absolute Gasteiger partial charge is 0.582 e. The number of hydrogen-bond donors (Lipinski definition) is 3. The molecule has 2 aromatic heterocycles. The third kappa shape index (κ3) is 3.24. The number of nitrogen functional groups attached to an aromatic ring is 1. The fraction of sp³-hybridized carbons (Fsp3) is 0.545. The summed E-state index contributed by atoms with van der Waals surface area (Å²) in [6.45, 7) is 0.265. The summed E-state index contributed by atoms with van der Waals surface area (Å²) in [6.07, 6.45) is 0.451. The molecule has 0 amide bonds. The number of nitrogens with zero attached hydrogens (tertiary/aromatic N) is 3. The average Bonchev–Trinajstić information content (AvgIpc) is 3.03. The van der Waals surface area contributed by atoms with Gasteiger partial charge in [-0.1, -0.05) is 0 Å². The van der Waals surface area contributed by atoms with E-state index in [-0.39, 0.29) is 18.1 Å². The highest BCUT2D eigenvalue weighted by Gasteiger charge is 2.42. The van der Waals surface area contributed by atoms with E-state index in [2.05, 4.69) is 27.2 Å². The fourth-order valence-corrected chi connectivity index (χ4v) is 3.38. The van der Waals surface area contributed by atoms with Crippen LogP contribution in [0.5, 0.6) is 0 Å². The number of nitrogens with two attached hydrogens (primary N) is 1. The van der Waals surface area contributed by atoms with E-state index in [4.69, 9.17) is 19.7 Å². The molecule has 0 radical (unpaired) electrons. The predicted octanol–water partition coefficient (Wildman–Crippen LogP) is 0.608. The standard InChI is InChI=1S/C11H14N5O5PS/c1-19-3-6-5(21-22(18)23)2-7(20-6)16-4-13-8-9(16)14-11(12)15-10(8)17/h4-7H,2-3H2,1H3,(H3-,12,14,15,17,18,23)/p+1/t5-,6+,7+/m0/s1. The molecule has 0 saturated carbocycles. The van der Waals surface area contributed by atoms with E-state index in [0.29, 0.717) is 12.1 Å². The number of aromatic nitrogens is 4. The molecule has 3 heterocycles. The van der Waals surface area contributed by atoms with Crippen LogP contribution in [0.25, 0.3) is 11.2 Å². The first kappa shape index (κ1) is 16.3. The van der Waals surface area contributed by atoms with E-state index in [1.54, 1.807) is 4.57 Å². The summed E-state index contributed by atoms with van der Waals surface area (Å²) >= 11 is 3.77. The number of nitrogens with one attached hydrogen (secondary N) is 1. The van der Waals surface area contributed by atoms with E-state index < -0.39 is 31.2 Å². The minimum Gasteiger partial charge on any atom is -0.382 e. The summed E-state index contributed by atoms with van der Waals surface area (Å²) in [5, 5.41) is 0. The van der Waals surface area contributed by atoms with E-state index in [1.165, 1.54) is 13.4 Å². The Morgan fingerprint density at radius 2 is 2.43 bits per heavy atom. The number of imidazole rings is 1. The minimum atomic E-state index is -2.08. The molecule has 4 atom stereocenters. The maximum absolute atomic E-state index is 11.8. The summed E-state index contributed by atoms with van der Waals surface area (Å²) in [5.41, 5.74) is 5.62. The Kier molecular flexibility index (Phi) is 4.64. The molecule has 3 rings (SSSR count). The number of rotatable bonds is 5. The Hall–Kier alpha value is -1.52. The van der Waals surface area contributed by atoms with Gasteiger partial charge in [-0.2, -0.15) is 4.98 Å². The van der Waals surface area contributed by atoms with Gasteiger partial charge in [0.15, 0.2) is 11.2 Å². The summed E-state index contributed by atoms with van der Waals surface area (Å²) in [4.78, 5) is 22.3. The molecule has 10 nitrogen and oxygen atoms in total. The number of thiol groups is 1. The van der Waals surface area contributed by atoms with Gasteiger partial charge in [0.25, 0.3) is 5.56 Å².